The summed E-state index contributed by atoms with van der Waals surface area (Å²) in [5, 5.41) is 10.9. The number of benzene rings is 2. The highest BCUT2D eigenvalue weighted by Crippen LogP contribution is 2.36. The molecule has 40 heavy (non-hydrogen) atoms. The number of anilines is 1. The van der Waals surface area contributed by atoms with Gasteiger partial charge < -0.3 is 10.0 Å². The molecule has 2 aliphatic carbocycles. The van der Waals surface area contributed by atoms with Crippen molar-refractivity contribution >= 4 is 21.6 Å². The number of nitrogens with one attached hydrogen (secondary N) is 1. The zero-order valence-electron chi connectivity index (χ0n) is 23.3. The summed E-state index contributed by atoms with van der Waals surface area (Å²) in [7, 11) is -3.87. The van der Waals surface area contributed by atoms with Crippen molar-refractivity contribution in [1.29, 1.82) is 0 Å². The molecule has 2 aromatic carbocycles. The van der Waals surface area contributed by atoms with Gasteiger partial charge in [-0.25, -0.2) is 13.1 Å². The first-order chi connectivity index (χ1) is 19.2. The Labute approximate surface area is 237 Å². The normalized spacial score (nSPS) is 19.1. The fraction of sp³-hybridized carbons (Fsp3) is 0.438. The van der Waals surface area contributed by atoms with Crippen molar-refractivity contribution in [2.24, 2.45) is 5.92 Å². The van der Waals surface area contributed by atoms with Gasteiger partial charge in [0.1, 0.15) is 0 Å². The number of hydrogen-bond donors (Lipinski definition) is 2. The molecule has 3 aromatic rings. The second kappa shape index (κ2) is 12.2. The standard InChI is InChI=1S/C32H39N3O4S/c1-3-23-11-16-28(17-12-23)40(38,39)34-32-29-20-27(15-14-25(29)19-30(32)36)35(21-26-10-6-7-22(2)33-26)31(37)18-13-24-8-4-5-9-24/h6-7,10-12,14-17,20,24,30,32,34,36H,3-5,8-9,13,18-19,21H2,1-2H3. The molecule has 8 heteroatoms. The molecular formula is C32H39N3O4S. The van der Waals surface area contributed by atoms with Crippen molar-refractivity contribution in [1.82, 2.24) is 9.71 Å². The Kier molecular flexibility index (Phi) is 8.68. The van der Waals surface area contributed by atoms with Crippen LogP contribution in [-0.2, 0) is 34.2 Å². The topological polar surface area (TPSA) is 99.6 Å². The summed E-state index contributed by atoms with van der Waals surface area (Å²) in [6.07, 6.45) is 6.44. The average molecular weight is 562 g/mol. The first kappa shape index (κ1) is 28.5. The molecule has 7 nitrogen and oxygen atoms in total. The lowest BCUT2D eigenvalue weighted by molar-refractivity contribution is -0.119. The summed E-state index contributed by atoms with van der Waals surface area (Å²) in [6.45, 7) is 4.27. The van der Waals surface area contributed by atoms with Crippen molar-refractivity contribution in [2.75, 3.05) is 4.90 Å². The highest BCUT2D eigenvalue weighted by molar-refractivity contribution is 7.89. The minimum absolute atomic E-state index is 0.0295. The molecule has 0 spiro atoms. The monoisotopic (exact) mass is 561 g/mol. The molecule has 1 heterocycles. The Bertz CT molecular complexity index is 1450. The summed E-state index contributed by atoms with van der Waals surface area (Å²) in [5.41, 5.74) is 4.98. The number of carbonyl (C=O) groups is 1. The Morgan fingerprint density at radius 2 is 1.82 bits per heavy atom. The van der Waals surface area contributed by atoms with Crippen LogP contribution in [0, 0.1) is 12.8 Å². The molecule has 1 saturated carbocycles. The number of aryl methyl sites for hydroxylation is 2. The molecule has 2 N–H and O–H groups in total. The summed E-state index contributed by atoms with van der Waals surface area (Å²) in [4.78, 5) is 20.2. The van der Waals surface area contributed by atoms with E-state index in [1.807, 2.05) is 50.2 Å². The molecule has 5 rings (SSSR count). The van der Waals surface area contributed by atoms with E-state index < -0.39 is 22.2 Å². The van der Waals surface area contributed by atoms with Crippen LogP contribution in [0.1, 0.15) is 79.6 Å². The third-order valence-electron chi connectivity index (χ3n) is 8.32. The van der Waals surface area contributed by atoms with Crippen molar-refractivity contribution < 1.29 is 18.3 Å². The number of amides is 1. The smallest absolute Gasteiger partial charge is 0.241 e. The van der Waals surface area contributed by atoms with Crippen LogP contribution in [0.5, 0.6) is 0 Å². The van der Waals surface area contributed by atoms with Gasteiger partial charge in [0.25, 0.3) is 0 Å². The first-order valence-corrected chi connectivity index (χ1v) is 15.9. The molecule has 0 radical (unpaired) electrons. The van der Waals surface area contributed by atoms with Crippen molar-refractivity contribution in [3.05, 3.63) is 88.7 Å². The van der Waals surface area contributed by atoms with Gasteiger partial charge >= 0.3 is 0 Å². The second-order valence-corrected chi connectivity index (χ2v) is 12.9. The number of pyridine rings is 1. The van der Waals surface area contributed by atoms with E-state index in [9.17, 15) is 18.3 Å². The highest BCUT2D eigenvalue weighted by Gasteiger charge is 2.35. The van der Waals surface area contributed by atoms with Crippen LogP contribution in [0.4, 0.5) is 5.69 Å². The third-order valence-corrected chi connectivity index (χ3v) is 9.78. The van der Waals surface area contributed by atoms with Gasteiger partial charge in [0.15, 0.2) is 0 Å². The lowest BCUT2D eigenvalue weighted by Gasteiger charge is -2.25. The molecule has 1 amide bonds. The lowest BCUT2D eigenvalue weighted by atomic mass is 10.0. The van der Waals surface area contributed by atoms with E-state index in [1.165, 1.54) is 25.7 Å². The van der Waals surface area contributed by atoms with Crippen LogP contribution < -0.4 is 9.62 Å². The van der Waals surface area contributed by atoms with E-state index in [1.54, 1.807) is 29.2 Å². The van der Waals surface area contributed by atoms with Crippen LogP contribution in [0.15, 0.2) is 65.6 Å². The van der Waals surface area contributed by atoms with Crippen LogP contribution >= 0.6 is 0 Å². The molecule has 2 atom stereocenters. The molecular weight excluding hydrogens is 522 g/mol. The summed E-state index contributed by atoms with van der Waals surface area (Å²) in [5.74, 6) is 0.630. The quantitative estimate of drug-likeness (QED) is 0.346. The molecule has 0 bridgehead atoms. The number of rotatable bonds is 10. The maximum absolute atomic E-state index is 13.6. The van der Waals surface area contributed by atoms with Crippen LogP contribution in [-0.4, -0.2) is 30.5 Å². The number of hydrogen-bond acceptors (Lipinski definition) is 5. The van der Waals surface area contributed by atoms with E-state index in [4.69, 9.17) is 0 Å². The van der Waals surface area contributed by atoms with E-state index >= 15 is 0 Å². The fourth-order valence-corrected chi connectivity index (χ4v) is 7.24. The Hall–Kier alpha value is -3.07. The van der Waals surface area contributed by atoms with Crippen LogP contribution in [0.3, 0.4) is 0 Å². The SMILES string of the molecule is CCc1ccc(S(=O)(=O)NC2c3cc(N(Cc4cccc(C)n4)C(=O)CCC4CCCC4)ccc3CC2O)cc1. The number of aliphatic hydroxyl groups excluding tert-OH is 1. The van der Waals surface area contributed by atoms with Gasteiger partial charge in [-0.15, -0.1) is 0 Å². The van der Waals surface area contributed by atoms with Crippen molar-refractivity contribution in [2.45, 2.75) is 88.8 Å². The largest absolute Gasteiger partial charge is 0.391 e. The minimum Gasteiger partial charge on any atom is -0.391 e. The van der Waals surface area contributed by atoms with Gasteiger partial charge in [-0.2, -0.15) is 0 Å². The van der Waals surface area contributed by atoms with Gasteiger partial charge in [0.05, 0.1) is 29.3 Å². The number of sulfonamides is 1. The average Bonchev–Trinajstić information content (AvgIpc) is 3.58. The molecule has 1 fully saturated rings. The Morgan fingerprint density at radius 1 is 1.07 bits per heavy atom. The van der Waals surface area contributed by atoms with Crippen LogP contribution in [0.2, 0.25) is 0 Å². The Balaban J connectivity index is 1.42. The van der Waals surface area contributed by atoms with E-state index in [2.05, 4.69) is 9.71 Å². The minimum atomic E-state index is -3.87. The lowest BCUT2D eigenvalue weighted by Crippen LogP contribution is -2.34. The zero-order chi connectivity index (χ0) is 28.3. The molecule has 2 aliphatic rings. The van der Waals surface area contributed by atoms with Gasteiger partial charge in [0, 0.05) is 24.2 Å². The van der Waals surface area contributed by atoms with Crippen LogP contribution in [0.25, 0.3) is 0 Å². The number of nitrogens with zero attached hydrogens (tertiary/aromatic N) is 2. The van der Waals surface area contributed by atoms with Gasteiger partial charge in [0.2, 0.25) is 15.9 Å². The zero-order valence-corrected chi connectivity index (χ0v) is 24.2. The maximum atomic E-state index is 13.6. The van der Waals surface area contributed by atoms with Gasteiger partial charge in [-0.3, -0.25) is 9.78 Å². The molecule has 2 unspecified atom stereocenters. The third kappa shape index (κ3) is 6.45. The molecule has 1 aromatic heterocycles. The summed E-state index contributed by atoms with van der Waals surface area (Å²) >= 11 is 0. The fourth-order valence-electron chi connectivity index (χ4n) is 5.99. The van der Waals surface area contributed by atoms with E-state index in [-0.39, 0.29) is 10.8 Å². The predicted octanol–water partition coefficient (Wildman–Crippen LogP) is 5.39. The van der Waals surface area contributed by atoms with Gasteiger partial charge in [-0.05, 0) is 78.8 Å². The van der Waals surface area contributed by atoms with Crippen molar-refractivity contribution in [3.8, 4) is 0 Å². The first-order valence-electron chi connectivity index (χ1n) is 14.4. The number of aromatic nitrogens is 1. The van der Waals surface area contributed by atoms with E-state index in [0.29, 0.717) is 36.6 Å². The molecule has 0 saturated heterocycles. The number of carbonyl (C=O) groups excluding carboxylic acids is 1. The predicted molar refractivity (Wildman–Crippen MR) is 156 cm³/mol. The summed E-state index contributed by atoms with van der Waals surface area (Å²) < 4.78 is 29.3. The summed E-state index contributed by atoms with van der Waals surface area (Å²) in [6, 6.07) is 17.4. The maximum Gasteiger partial charge on any atom is 0.241 e. The molecule has 212 valence electrons. The second-order valence-electron chi connectivity index (χ2n) is 11.2. The number of fused-ring (bicyclic) bond motifs is 1. The highest BCUT2D eigenvalue weighted by atomic mass is 32.2. The molecule has 0 aliphatic heterocycles. The van der Waals surface area contributed by atoms with Gasteiger partial charge in [-0.1, -0.05) is 56.9 Å². The van der Waals surface area contributed by atoms with Crippen molar-refractivity contribution in [3.63, 3.8) is 0 Å². The number of aliphatic hydroxyl groups is 1. The van der Waals surface area contributed by atoms with E-state index in [0.717, 1.165) is 35.4 Å². The Morgan fingerprint density at radius 3 is 2.52 bits per heavy atom.